The van der Waals surface area contributed by atoms with Crippen molar-refractivity contribution in [3.8, 4) is 12.3 Å². The molecule has 0 radical (unpaired) electrons. The number of amides is 4. The summed E-state index contributed by atoms with van der Waals surface area (Å²) in [4.78, 5) is 51.1. The van der Waals surface area contributed by atoms with Gasteiger partial charge in [0.1, 0.15) is 18.4 Å². The molecule has 10 heteroatoms. The number of terminal acetylenes is 1. The van der Waals surface area contributed by atoms with Gasteiger partial charge in [0.15, 0.2) is 17.0 Å². The van der Waals surface area contributed by atoms with Crippen LogP contribution in [0.15, 0.2) is 43.0 Å². The van der Waals surface area contributed by atoms with Gasteiger partial charge in [-0.15, -0.1) is 6.42 Å². The molecule has 0 unspecified atom stereocenters. The van der Waals surface area contributed by atoms with Crippen LogP contribution in [0.4, 0.5) is 10.6 Å². The Morgan fingerprint density at radius 2 is 2.00 bits per heavy atom. The third-order valence-corrected chi connectivity index (χ3v) is 4.85. The van der Waals surface area contributed by atoms with Crippen molar-refractivity contribution in [2.75, 3.05) is 11.9 Å². The van der Waals surface area contributed by atoms with Gasteiger partial charge in [-0.3, -0.25) is 14.5 Å². The fourth-order valence-corrected chi connectivity index (χ4v) is 3.31. The van der Waals surface area contributed by atoms with Crippen LogP contribution >= 0.6 is 0 Å². The number of nitrogens with zero attached hydrogens (tertiary/aromatic N) is 5. The van der Waals surface area contributed by atoms with Crippen molar-refractivity contribution in [3.63, 3.8) is 0 Å². The van der Waals surface area contributed by atoms with E-state index in [1.807, 2.05) is 6.07 Å². The molecule has 4 rings (SSSR count). The Labute approximate surface area is 171 Å². The number of imide groups is 1. The van der Waals surface area contributed by atoms with Gasteiger partial charge in [-0.05, 0) is 12.5 Å². The minimum absolute atomic E-state index is 0.165. The molecule has 1 fully saturated rings. The Morgan fingerprint density at radius 1 is 1.23 bits per heavy atom. The summed E-state index contributed by atoms with van der Waals surface area (Å²) in [6, 6.07) is 8.20. The molecular formula is C20H17N7O3. The molecule has 0 bridgehead atoms. The lowest BCUT2D eigenvalue weighted by Crippen LogP contribution is -2.42. The van der Waals surface area contributed by atoms with E-state index in [4.69, 9.17) is 6.42 Å². The van der Waals surface area contributed by atoms with E-state index in [1.165, 1.54) is 12.7 Å². The summed E-state index contributed by atoms with van der Waals surface area (Å²) in [5.74, 6) is 1.54. The lowest BCUT2D eigenvalue weighted by molar-refractivity contribution is -0.133. The molecule has 30 heavy (non-hydrogen) atoms. The highest BCUT2D eigenvalue weighted by Crippen LogP contribution is 2.28. The smallest absolute Gasteiger partial charge is 0.319 e. The van der Waals surface area contributed by atoms with Crippen LogP contribution in [0.3, 0.4) is 0 Å². The number of aromatic nitrogens is 4. The summed E-state index contributed by atoms with van der Waals surface area (Å²) in [7, 11) is 0. The van der Waals surface area contributed by atoms with Crippen molar-refractivity contribution >= 4 is 34.8 Å². The number of carbonyl (C=O) groups excluding carboxylic acids is 3. The van der Waals surface area contributed by atoms with Crippen molar-refractivity contribution < 1.29 is 14.4 Å². The predicted molar refractivity (Wildman–Crippen MR) is 107 cm³/mol. The van der Waals surface area contributed by atoms with Crippen LogP contribution in [0, 0.1) is 12.3 Å². The summed E-state index contributed by atoms with van der Waals surface area (Å²) in [6.45, 7) is 1.40. The third-order valence-electron chi connectivity index (χ3n) is 4.85. The normalized spacial score (nSPS) is 18.3. The first-order chi connectivity index (χ1) is 14.4. The Balaban J connectivity index is 1.52. The SMILES string of the molecule is C#CCn1cnc2c(NC(=O)CN3C(=O)N[C@@](C)(c4ccccc4)C3=O)ncnc21. The third kappa shape index (κ3) is 3.12. The van der Waals surface area contributed by atoms with E-state index in [1.54, 1.807) is 35.8 Å². The van der Waals surface area contributed by atoms with E-state index in [2.05, 4.69) is 31.5 Å². The average molecular weight is 403 g/mol. The highest BCUT2D eigenvalue weighted by atomic mass is 16.2. The summed E-state index contributed by atoms with van der Waals surface area (Å²) >= 11 is 0. The van der Waals surface area contributed by atoms with Crippen molar-refractivity contribution in [2.24, 2.45) is 0 Å². The number of urea groups is 1. The Kier molecular flexibility index (Phi) is 4.63. The first kappa shape index (κ1) is 19.1. The number of benzene rings is 1. The molecule has 3 aromatic rings. The quantitative estimate of drug-likeness (QED) is 0.481. The molecule has 0 saturated carbocycles. The lowest BCUT2D eigenvalue weighted by Gasteiger charge is -2.22. The molecule has 150 valence electrons. The van der Waals surface area contributed by atoms with Crippen LogP contribution in [0.5, 0.6) is 0 Å². The van der Waals surface area contributed by atoms with Crippen molar-refractivity contribution in [3.05, 3.63) is 48.5 Å². The predicted octanol–water partition coefficient (Wildman–Crippen LogP) is 0.865. The zero-order chi connectivity index (χ0) is 21.3. The van der Waals surface area contributed by atoms with Crippen LogP contribution in [-0.2, 0) is 21.7 Å². The molecule has 10 nitrogen and oxygen atoms in total. The second-order valence-corrected chi connectivity index (χ2v) is 6.83. The zero-order valence-corrected chi connectivity index (χ0v) is 16.0. The minimum Gasteiger partial charge on any atom is -0.319 e. The number of nitrogens with one attached hydrogen (secondary N) is 2. The number of hydrogen-bond donors (Lipinski definition) is 2. The van der Waals surface area contributed by atoms with E-state index < -0.39 is 29.9 Å². The molecule has 3 heterocycles. The molecule has 1 aliphatic rings. The molecule has 2 aromatic heterocycles. The molecule has 1 aromatic carbocycles. The Hall–Kier alpha value is -4.26. The second-order valence-electron chi connectivity index (χ2n) is 6.83. The summed E-state index contributed by atoms with van der Waals surface area (Å²) in [5.41, 5.74) is 0.203. The lowest BCUT2D eigenvalue weighted by atomic mass is 9.92. The maximum atomic E-state index is 12.9. The van der Waals surface area contributed by atoms with E-state index in [0.717, 1.165) is 4.90 Å². The maximum absolute atomic E-state index is 12.9. The van der Waals surface area contributed by atoms with Crippen LogP contribution in [-0.4, -0.2) is 48.8 Å². The van der Waals surface area contributed by atoms with Gasteiger partial charge in [0.05, 0.1) is 12.9 Å². The van der Waals surface area contributed by atoms with E-state index in [0.29, 0.717) is 16.7 Å². The number of rotatable bonds is 5. The first-order valence-corrected chi connectivity index (χ1v) is 9.03. The van der Waals surface area contributed by atoms with Crippen molar-refractivity contribution in [1.29, 1.82) is 0 Å². The van der Waals surface area contributed by atoms with Gasteiger partial charge in [0.25, 0.3) is 5.91 Å². The highest BCUT2D eigenvalue weighted by molar-refractivity contribution is 6.10. The fourth-order valence-electron chi connectivity index (χ4n) is 3.31. The molecule has 0 spiro atoms. The Morgan fingerprint density at radius 3 is 2.73 bits per heavy atom. The van der Waals surface area contributed by atoms with Crippen LogP contribution in [0.25, 0.3) is 11.2 Å². The van der Waals surface area contributed by atoms with Gasteiger partial charge in [-0.25, -0.2) is 19.7 Å². The minimum atomic E-state index is -1.24. The highest BCUT2D eigenvalue weighted by Gasteiger charge is 2.49. The molecule has 1 aliphatic heterocycles. The molecule has 4 amide bonds. The van der Waals surface area contributed by atoms with Crippen LogP contribution in [0.1, 0.15) is 12.5 Å². The van der Waals surface area contributed by atoms with E-state index >= 15 is 0 Å². The molecule has 1 atom stereocenters. The second kappa shape index (κ2) is 7.29. The largest absolute Gasteiger partial charge is 0.325 e. The number of carbonyl (C=O) groups is 3. The average Bonchev–Trinajstić information content (AvgIpc) is 3.25. The van der Waals surface area contributed by atoms with Gasteiger partial charge in [0, 0.05) is 0 Å². The topological polar surface area (TPSA) is 122 Å². The summed E-state index contributed by atoms with van der Waals surface area (Å²) < 4.78 is 1.63. The number of fused-ring (bicyclic) bond motifs is 1. The van der Waals surface area contributed by atoms with Crippen molar-refractivity contribution in [2.45, 2.75) is 19.0 Å². The van der Waals surface area contributed by atoms with Crippen LogP contribution in [0.2, 0.25) is 0 Å². The summed E-state index contributed by atoms with van der Waals surface area (Å²) in [5, 5.41) is 5.24. The van der Waals surface area contributed by atoms with Gasteiger partial charge in [-0.2, -0.15) is 0 Å². The maximum Gasteiger partial charge on any atom is 0.325 e. The van der Waals surface area contributed by atoms with Gasteiger partial charge >= 0.3 is 6.03 Å². The van der Waals surface area contributed by atoms with Crippen LogP contribution < -0.4 is 10.6 Å². The van der Waals surface area contributed by atoms with Gasteiger partial charge < -0.3 is 15.2 Å². The fraction of sp³-hybridized carbons (Fsp3) is 0.200. The number of imidazole rings is 1. The van der Waals surface area contributed by atoms with Gasteiger partial charge in [0.2, 0.25) is 5.91 Å². The summed E-state index contributed by atoms with van der Waals surface area (Å²) in [6.07, 6.45) is 8.09. The van der Waals surface area contributed by atoms with E-state index in [9.17, 15) is 14.4 Å². The van der Waals surface area contributed by atoms with Gasteiger partial charge in [-0.1, -0.05) is 36.3 Å². The first-order valence-electron chi connectivity index (χ1n) is 9.03. The van der Waals surface area contributed by atoms with Crippen molar-refractivity contribution in [1.82, 2.24) is 29.7 Å². The number of anilines is 1. The molecule has 2 N–H and O–H groups in total. The Bertz CT molecular complexity index is 1200. The molecule has 0 aliphatic carbocycles. The number of hydrogen-bond acceptors (Lipinski definition) is 6. The molecular weight excluding hydrogens is 386 g/mol. The standard InChI is InChI=1S/C20H17N7O3/c1-3-9-26-12-23-15-16(21-11-22-17(15)26)24-14(28)10-27-18(29)20(2,25-19(27)30)13-7-5-4-6-8-13/h1,4-8,11-12H,9-10H2,2H3,(H,25,30)(H,21,22,24,28)/t20-/m0/s1. The monoisotopic (exact) mass is 403 g/mol. The zero-order valence-electron chi connectivity index (χ0n) is 16.0. The van der Waals surface area contributed by atoms with E-state index in [-0.39, 0.29) is 12.4 Å². The molecule has 1 saturated heterocycles.